The van der Waals surface area contributed by atoms with E-state index >= 15 is 0 Å². The second-order valence-electron chi connectivity index (χ2n) is 11.9. The summed E-state index contributed by atoms with van der Waals surface area (Å²) in [5.74, 6) is 0.936. The van der Waals surface area contributed by atoms with Crippen molar-refractivity contribution in [1.82, 2.24) is 29.7 Å². The average molecular weight is 603 g/mol. The molecule has 0 amide bonds. The second-order valence-corrected chi connectivity index (χ2v) is 11.9. The van der Waals surface area contributed by atoms with Gasteiger partial charge in [0, 0.05) is 49.8 Å². The van der Waals surface area contributed by atoms with E-state index in [1.807, 2.05) is 37.0 Å². The summed E-state index contributed by atoms with van der Waals surface area (Å²) < 4.78 is 15.1. The molecule has 0 bridgehead atoms. The van der Waals surface area contributed by atoms with Crippen LogP contribution in [0.4, 0.5) is 0 Å². The van der Waals surface area contributed by atoms with Crippen LogP contribution in [0.5, 0.6) is 5.75 Å². The quantitative estimate of drug-likeness (QED) is 0.179. The number of nitrogens with zero attached hydrogens (tertiary/aromatic N) is 6. The first-order valence-electron chi connectivity index (χ1n) is 15.8. The molecule has 2 aliphatic rings. The van der Waals surface area contributed by atoms with E-state index < -0.39 is 0 Å². The number of carbonyl (C=O) groups is 1. The third-order valence-corrected chi connectivity index (χ3v) is 8.92. The number of ether oxygens (including phenoxy) is 2. The molecule has 0 N–H and O–H groups in total. The molecular formula is C36H38N6O3. The van der Waals surface area contributed by atoms with Gasteiger partial charge in [-0.2, -0.15) is 5.10 Å². The Kier molecular flexibility index (Phi) is 7.94. The molecule has 1 aliphatic heterocycles. The predicted octanol–water partition coefficient (Wildman–Crippen LogP) is 6.46. The van der Waals surface area contributed by atoms with Gasteiger partial charge in [0.2, 0.25) is 0 Å². The van der Waals surface area contributed by atoms with Crippen LogP contribution < -0.4 is 4.74 Å². The molecule has 9 heteroatoms. The minimum Gasteiger partial charge on any atom is -0.492 e. The summed E-state index contributed by atoms with van der Waals surface area (Å²) in [6, 6.07) is 25.9. The summed E-state index contributed by atoms with van der Waals surface area (Å²) >= 11 is 0. The van der Waals surface area contributed by atoms with Crippen LogP contribution in [0.2, 0.25) is 0 Å². The lowest BCUT2D eigenvalue weighted by Gasteiger charge is -2.29. The first-order chi connectivity index (χ1) is 22.0. The normalized spacial score (nSPS) is 19.4. The fraction of sp³-hybridized carbons (Fsp3) is 0.333. The van der Waals surface area contributed by atoms with Gasteiger partial charge in [0.05, 0.1) is 29.9 Å². The molecule has 7 rings (SSSR count). The van der Waals surface area contributed by atoms with Crippen molar-refractivity contribution < 1.29 is 14.3 Å². The van der Waals surface area contributed by atoms with Crippen LogP contribution in [0.1, 0.15) is 77.4 Å². The zero-order valence-electron chi connectivity index (χ0n) is 26.0. The minimum atomic E-state index is -0.348. The Bertz CT molecular complexity index is 1830. The second kappa shape index (κ2) is 12.3. The summed E-state index contributed by atoms with van der Waals surface area (Å²) in [5.41, 5.74) is 7.95. The Morgan fingerprint density at radius 1 is 1.00 bits per heavy atom. The van der Waals surface area contributed by atoms with Gasteiger partial charge < -0.3 is 9.47 Å². The van der Waals surface area contributed by atoms with Crippen LogP contribution in [-0.4, -0.2) is 55.4 Å². The molecule has 2 aromatic heterocycles. The lowest BCUT2D eigenvalue weighted by atomic mass is 9.99. The molecule has 3 heterocycles. The van der Waals surface area contributed by atoms with Gasteiger partial charge in [-0.1, -0.05) is 60.7 Å². The van der Waals surface area contributed by atoms with E-state index in [0.717, 1.165) is 59.9 Å². The van der Waals surface area contributed by atoms with Gasteiger partial charge >= 0.3 is 5.97 Å². The molecule has 3 atom stereocenters. The number of carbonyl (C=O) groups excluding carboxylic acids is 1. The molecule has 3 aromatic carbocycles. The summed E-state index contributed by atoms with van der Waals surface area (Å²) in [6.07, 6.45) is 5.48. The molecule has 45 heavy (non-hydrogen) atoms. The molecular weight excluding hydrogens is 564 g/mol. The highest BCUT2D eigenvalue weighted by Gasteiger charge is 2.46. The van der Waals surface area contributed by atoms with E-state index in [1.54, 1.807) is 10.9 Å². The lowest BCUT2D eigenvalue weighted by Crippen LogP contribution is -2.29. The van der Waals surface area contributed by atoms with Gasteiger partial charge in [0.1, 0.15) is 17.9 Å². The van der Waals surface area contributed by atoms with Crippen molar-refractivity contribution in [2.75, 3.05) is 19.8 Å². The van der Waals surface area contributed by atoms with E-state index in [4.69, 9.17) is 14.6 Å². The van der Waals surface area contributed by atoms with Crippen molar-refractivity contribution >= 4 is 5.97 Å². The lowest BCUT2D eigenvalue weighted by molar-refractivity contribution is 0.0525. The summed E-state index contributed by atoms with van der Waals surface area (Å²) in [6.45, 7) is 6.75. The predicted molar refractivity (Wildman–Crippen MR) is 171 cm³/mol. The number of aryl methyl sites for hydroxylation is 1. The summed E-state index contributed by atoms with van der Waals surface area (Å²) in [5, 5.41) is 13.2. The first kappa shape index (κ1) is 29.0. The maximum absolute atomic E-state index is 13.0. The van der Waals surface area contributed by atoms with Crippen LogP contribution in [0.15, 0.2) is 85.2 Å². The SMILES string of the molecule is CCOC(=O)c1cnn(-c2cccc(-c3cccc(CN4CCOc5ccccc5[C@@H]4CC)c3)c2)c1[C@@H]1C[C@H]1c1cn(C)nn1. The molecule has 1 saturated carbocycles. The smallest absolute Gasteiger partial charge is 0.341 e. The highest BCUT2D eigenvalue weighted by molar-refractivity contribution is 5.91. The zero-order chi connectivity index (χ0) is 30.9. The van der Waals surface area contributed by atoms with Crippen LogP contribution in [0.25, 0.3) is 16.8 Å². The van der Waals surface area contributed by atoms with Gasteiger partial charge in [0.15, 0.2) is 0 Å². The van der Waals surface area contributed by atoms with Crippen LogP contribution in [-0.2, 0) is 18.3 Å². The van der Waals surface area contributed by atoms with Crippen molar-refractivity contribution in [1.29, 1.82) is 0 Å². The number of para-hydroxylation sites is 1. The van der Waals surface area contributed by atoms with Gasteiger partial charge in [-0.25, -0.2) is 9.48 Å². The molecule has 230 valence electrons. The number of rotatable bonds is 9. The number of esters is 1. The molecule has 0 unspecified atom stereocenters. The maximum Gasteiger partial charge on any atom is 0.341 e. The number of benzene rings is 3. The molecule has 0 radical (unpaired) electrons. The van der Waals surface area contributed by atoms with Gasteiger partial charge in [-0.05, 0) is 60.7 Å². The number of fused-ring (bicyclic) bond motifs is 1. The summed E-state index contributed by atoms with van der Waals surface area (Å²) in [4.78, 5) is 15.5. The monoisotopic (exact) mass is 602 g/mol. The topological polar surface area (TPSA) is 87.3 Å². The Morgan fingerprint density at radius 2 is 1.82 bits per heavy atom. The first-order valence-corrected chi connectivity index (χ1v) is 15.8. The van der Waals surface area contributed by atoms with E-state index in [9.17, 15) is 4.79 Å². The van der Waals surface area contributed by atoms with E-state index in [2.05, 4.69) is 82.8 Å². The number of aromatic nitrogens is 5. The van der Waals surface area contributed by atoms with E-state index in [1.165, 1.54) is 11.1 Å². The molecule has 5 aromatic rings. The van der Waals surface area contributed by atoms with Gasteiger partial charge in [-0.15, -0.1) is 5.10 Å². The van der Waals surface area contributed by atoms with Crippen molar-refractivity contribution in [3.8, 4) is 22.6 Å². The fourth-order valence-corrected chi connectivity index (χ4v) is 6.73. The van der Waals surface area contributed by atoms with Crippen molar-refractivity contribution in [2.45, 2.75) is 51.1 Å². The Labute approximate surface area is 263 Å². The minimum absolute atomic E-state index is 0.102. The Morgan fingerprint density at radius 3 is 2.62 bits per heavy atom. The number of hydrogen-bond donors (Lipinski definition) is 0. The Hall–Kier alpha value is -4.76. The third kappa shape index (κ3) is 5.76. The van der Waals surface area contributed by atoms with Crippen molar-refractivity contribution in [2.24, 2.45) is 7.05 Å². The number of hydrogen-bond acceptors (Lipinski definition) is 7. The highest BCUT2D eigenvalue weighted by Crippen LogP contribution is 2.55. The molecule has 1 fully saturated rings. The van der Waals surface area contributed by atoms with E-state index in [-0.39, 0.29) is 17.8 Å². The van der Waals surface area contributed by atoms with Crippen molar-refractivity contribution in [3.63, 3.8) is 0 Å². The van der Waals surface area contributed by atoms with Crippen LogP contribution >= 0.6 is 0 Å². The molecule has 0 spiro atoms. The van der Waals surface area contributed by atoms with E-state index in [0.29, 0.717) is 24.8 Å². The average Bonchev–Trinajstić information content (AvgIpc) is 3.58. The van der Waals surface area contributed by atoms with Crippen LogP contribution in [0, 0.1) is 0 Å². The van der Waals surface area contributed by atoms with Crippen molar-refractivity contribution in [3.05, 3.63) is 113 Å². The fourth-order valence-electron chi connectivity index (χ4n) is 6.73. The Balaban J connectivity index is 1.18. The summed E-state index contributed by atoms with van der Waals surface area (Å²) in [7, 11) is 1.87. The third-order valence-electron chi connectivity index (χ3n) is 8.92. The molecule has 0 saturated heterocycles. The zero-order valence-corrected chi connectivity index (χ0v) is 26.0. The van der Waals surface area contributed by atoms with Gasteiger partial charge in [-0.3, -0.25) is 9.58 Å². The molecule has 1 aliphatic carbocycles. The maximum atomic E-state index is 13.0. The molecule has 9 nitrogen and oxygen atoms in total. The highest BCUT2D eigenvalue weighted by atomic mass is 16.5. The van der Waals surface area contributed by atoms with Gasteiger partial charge in [0.25, 0.3) is 0 Å². The largest absolute Gasteiger partial charge is 0.492 e. The van der Waals surface area contributed by atoms with Crippen LogP contribution in [0.3, 0.4) is 0 Å². The standard InChI is InChI=1S/C36H38N6O3/c1-4-33-28-14-6-7-15-34(28)45-17-16-41(33)22-24-10-8-11-25(18-24)26-12-9-13-27(19-26)42-35(31(21-37-42)36(43)44-5-2)30-20-29(30)32-23-40(3)39-38-32/h6-15,18-19,21,23,29-30,33H,4-5,16-17,20,22H2,1-3H3/t29-,30-,33+/m1/s1.